The Balaban J connectivity index is 2.79. The highest BCUT2D eigenvalue weighted by Gasteiger charge is 2.31. The number of aromatic nitrogens is 2. The molecule has 0 bridgehead atoms. The summed E-state index contributed by atoms with van der Waals surface area (Å²) in [6.07, 6.45) is 0. The van der Waals surface area contributed by atoms with Gasteiger partial charge in [0, 0.05) is 6.07 Å². The molecule has 0 unspecified atom stereocenters. The Kier molecular flexibility index (Phi) is 3.02. The number of rotatable bonds is 3. The first-order valence-corrected chi connectivity index (χ1v) is 5.94. The van der Waals surface area contributed by atoms with E-state index in [-0.39, 0.29) is 11.7 Å². The topological polar surface area (TPSA) is 60.9 Å². The molecule has 0 aliphatic carbocycles. The molecule has 6 heteroatoms. The van der Waals surface area contributed by atoms with Crippen LogP contribution in [0.25, 0.3) is 11.0 Å². The van der Waals surface area contributed by atoms with Crippen molar-refractivity contribution in [2.75, 3.05) is 0 Å². The quantitative estimate of drug-likeness (QED) is 0.868. The first-order chi connectivity index (χ1) is 8.37. The van der Waals surface area contributed by atoms with Crippen molar-refractivity contribution in [3.8, 4) is 0 Å². The van der Waals surface area contributed by atoms with Gasteiger partial charge in [0.25, 0.3) is 0 Å². The molecule has 1 heterocycles. The Labute approximate surface area is 109 Å². The maximum absolute atomic E-state index is 13.2. The summed E-state index contributed by atoms with van der Waals surface area (Å²) in [6, 6.07) is 4.19. The molecule has 2 N–H and O–H groups in total. The zero-order chi connectivity index (χ0) is 13.5. The van der Waals surface area contributed by atoms with Gasteiger partial charge in [-0.15, -0.1) is 11.6 Å². The Bertz CT molecular complexity index is 621. The number of nitrogens with zero attached hydrogens (tertiary/aromatic N) is 2. The first-order valence-electron chi connectivity index (χ1n) is 5.41. The molecule has 1 aromatic heterocycles. The van der Waals surface area contributed by atoms with E-state index in [1.165, 1.54) is 12.1 Å². The van der Waals surface area contributed by atoms with Crippen molar-refractivity contribution in [3.63, 3.8) is 0 Å². The van der Waals surface area contributed by atoms with E-state index in [0.717, 1.165) is 0 Å². The molecule has 18 heavy (non-hydrogen) atoms. The van der Waals surface area contributed by atoms with Crippen molar-refractivity contribution in [2.45, 2.75) is 25.3 Å². The number of benzene rings is 1. The number of imidazole rings is 1. The fourth-order valence-electron chi connectivity index (χ4n) is 1.93. The van der Waals surface area contributed by atoms with Crippen LogP contribution in [0.4, 0.5) is 4.39 Å². The van der Waals surface area contributed by atoms with E-state index in [1.807, 2.05) is 0 Å². The van der Waals surface area contributed by atoms with Crippen LogP contribution in [0.3, 0.4) is 0 Å². The molecule has 0 saturated carbocycles. The Morgan fingerprint density at radius 1 is 1.56 bits per heavy atom. The van der Waals surface area contributed by atoms with Crippen molar-refractivity contribution < 1.29 is 9.18 Å². The van der Waals surface area contributed by atoms with Crippen molar-refractivity contribution in [2.24, 2.45) is 5.73 Å². The lowest BCUT2D eigenvalue weighted by molar-refractivity contribution is -0.125. The first kappa shape index (κ1) is 12.8. The Morgan fingerprint density at radius 2 is 2.22 bits per heavy atom. The maximum atomic E-state index is 13.2. The van der Waals surface area contributed by atoms with Gasteiger partial charge in [0.15, 0.2) is 0 Å². The van der Waals surface area contributed by atoms with Crippen LogP contribution in [-0.4, -0.2) is 15.5 Å². The molecule has 0 radical (unpaired) electrons. The SMILES string of the molecule is CC(C)(C(N)=O)n1c(CCl)nc2cc(F)ccc21. The maximum Gasteiger partial charge on any atom is 0.243 e. The average Bonchev–Trinajstić information content (AvgIpc) is 2.66. The van der Waals surface area contributed by atoms with Gasteiger partial charge in [0.1, 0.15) is 17.2 Å². The van der Waals surface area contributed by atoms with E-state index in [2.05, 4.69) is 4.98 Å². The highest BCUT2D eigenvalue weighted by Crippen LogP contribution is 2.26. The summed E-state index contributed by atoms with van der Waals surface area (Å²) in [4.78, 5) is 15.8. The van der Waals surface area contributed by atoms with E-state index < -0.39 is 11.4 Å². The summed E-state index contributed by atoms with van der Waals surface area (Å²) in [5, 5.41) is 0. The van der Waals surface area contributed by atoms with Crippen LogP contribution in [-0.2, 0) is 16.2 Å². The van der Waals surface area contributed by atoms with Crippen LogP contribution in [0, 0.1) is 5.82 Å². The number of halogens is 2. The number of carbonyl (C=O) groups excluding carboxylic acids is 1. The van der Waals surface area contributed by atoms with Crippen LogP contribution in [0.2, 0.25) is 0 Å². The standard InChI is InChI=1S/C12H13ClFN3O/c1-12(2,11(15)18)17-9-4-3-7(14)5-8(9)16-10(17)6-13/h3-5H,6H2,1-2H3,(H2,15,18). The molecule has 0 aliphatic rings. The van der Waals surface area contributed by atoms with Gasteiger partial charge in [-0.05, 0) is 26.0 Å². The third-order valence-corrected chi connectivity index (χ3v) is 3.21. The van der Waals surface area contributed by atoms with E-state index in [9.17, 15) is 9.18 Å². The van der Waals surface area contributed by atoms with E-state index in [1.54, 1.807) is 24.5 Å². The molecule has 0 spiro atoms. The van der Waals surface area contributed by atoms with Gasteiger partial charge in [-0.2, -0.15) is 0 Å². The molecule has 4 nitrogen and oxygen atoms in total. The van der Waals surface area contributed by atoms with Gasteiger partial charge in [-0.25, -0.2) is 9.37 Å². The Hall–Kier alpha value is -1.62. The Morgan fingerprint density at radius 3 is 2.78 bits per heavy atom. The molecule has 2 rings (SSSR count). The van der Waals surface area contributed by atoms with Crippen molar-refractivity contribution in [3.05, 3.63) is 29.8 Å². The zero-order valence-corrected chi connectivity index (χ0v) is 10.8. The van der Waals surface area contributed by atoms with Gasteiger partial charge in [0.2, 0.25) is 5.91 Å². The lowest BCUT2D eigenvalue weighted by Crippen LogP contribution is -2.41. The monoisotopic (exact) mass is 269 g/mol. The summed E-state index contributed by atoms with van der Waals surface area (Å²) < 4.78 is 14.8. The van der Waals surface area contributed by atoms with E-state index in [0.29, 0.717) is 16.9 Å². The number of nitrogens with two attached hydrogens (primary N) is 1. The van der Waals surface area contributed by atoms with E-state index in [4.69, 9.17) is 17.3 Å². The predicted molar refractivity (Wildman–Crippen MR) is 67.8 cm³/mol. The zero-order valence-electron chi connectivity index (χ0n) is 10.1. The lowest BCUT2D eigenvalue weighted by Gasteiger charge is -2.25. The summed E-state index contributed by atoms with van der Waals surface area (Å²) in [5.74, 6) is -0.281. The summed E-state index contributed by atoms with van der Waals surface area (Å²) >= 11 is 5.82. The fourth-order valence-corrected chi connectivity index (χ4v) is 2.11. The summed E-state index contributed by atoms with van der Waals surface area (Å²) in [7, 11) is 0. The number of hydrogen-bond acceptors (Lipinski definition) is 2. The van der Waals surface area contributed by atoms with Crippen molar-refractivity contribution in [1.82, 2.24) is 9.55 Å². The van der Waals surface area contributed by atoms with Gasteiger partial charge in [-0.3, -0.25) is 4.79 Å². The molecule has 2 aromatic rings. The van der Waals surface area contributed by atoms with Crippen LogP contribution in [0.15, 0.2) is 18.2 Å². The van der Waals surface area contributed by atoms with Crippen LogP contribution < -0.4 is 5.73 Å². The molecule has 0 fully saturated rings. The second kappa shape index (κ2) is 4.24. The molecule has 0 atom stereocenters. The molecule has 0 aliphatic heterocycles. The molecule has 1 aromatic carbocycles. The molecule has 1 amide bonds. The third-order valence-electron chi connectivity index (χ3n) is 2.97. The van der Waals surface area contributed by atoms with Crippen LogP contribution in [0.5, 0.6) is 0 Å². The summed E-state index contributed by atoms with van der Waals surface area (Å²) in [6.45, 7) is 3.35. The normalized spacial score (nSPS) is 12.0. The van der Waals surface area contributed by atoms with Crippen LogP contribution in [0.1, 0.15) is 19.7 Å². The number of carbonyl (C=O) groups is 1. The average molecular weight is 270 g/mol. The third kappa shape index (κ3) is 1.84. The molecule has 0 saturated heterocycles. The van der Waals surface area contributed by atoms with Gasteiger partial charge >= 0.3 is 0 Å². The number of hydrogen-bond donors (Lipinski definition) is 1. The van der Waals surface area contributed by atoms with Gasteiger partial charge < -0.3 is 10.3 Å². The lowest BCUT2D eigenvalue weighted by atomic mass is 10.0. The van der Waals surface area contributed by atoms with Gasteiger partial charge in [0.05, 0.1) is 16.9 Å². The van der Waals surface area contributed by atoms with Crippen molar-refractivity contribution in [1.29, 1.82) is 0 Å². The number of primary amides is 1. The number of amides is 1. The molecular formula is C12H13ClFN3O. The molecule has 96 valence electrons. The largest absolute Gasteiger partial charge is 0.368 e. The number of alkyl halides is 1. The second-order valence-electron chi connectivity index (χ2n) is 4.55. The number of fused-ring (bicyclic) bond motifs is 1. The van der Waals surface area contributed by atoms with Crippen LogP contribution >= 0.6 is 11.6 Å². The second-order valence-corrected chi connectivity index (χ2v) is 4.82. The minimum absolute atomic E-state index is 0.118. The highest BCUT2D eigenvalue weighted by atomic mass is 35.5. The fraction of sp³-hybridized carbons (Fsp3) is 0.333. The summed E-state index contributed by atoms with van der Waals surface area (Å²) in [5.41, 5.74) is 5.52. The minimum Gasteiger partial charge on any atom is -0.368 e. The molecular weight excluding hydrogens is 257 g/mol. The van der Waals surface area contributed by atoms with Crippen molar-refractivity contribution >= 4 is 28.5 Å². The highest BCUT2D eigenvalue weighted by molar-refractivity contribution is 6.17. The predicted octanol–water partition coefficient (Wildman–Crippen LogP) is 2.13. The van der Waals surface area contributed by atoms with Gasteiger partial charge in [-0.1, -0.05) is 0 Å². The minimum atomic E-state index is -0.975. The van der Waals surface area contributed by atoms with E-state index >= 15 is 0 Å². The smallest absolute Gasteiger partial charge is 0.243 e.